The van der Waals surface area contributed by atoms with E-state index in [0.29, 0.717) is 6.42 Å². The molecular formula is C15H24O2S. The van der Waals surface area contributed by atoms with Gasteiger partial charge in [-0.05, 0) is 44.9 Å². The Bertz CT molecular complexity index is 507. The zero-order valence-electron chi connectivity index (χ0n) is 11.9. The molecule has 0 aromatic rings. The summed E-state index contributed by atoms with van der Waals surface area (Å²) in [5.74, 6) is 0.232. The van der Waals surface area contributed by atoms with Gasteiger partial charge in [-0.2, -0.15) is 0 Å². The zero-order chi connectivity index (χ0) is 13.6. The van der Waals surface area contributed by atoms with Gasteiger partial charge in [-0.25, -0.2) is 8.42 Å². The van der Waals surface area contributed by atoms with Crippen LogP contribution < -0.4 is 0 Å². The van der Waals surface area contributed by atoms with Crippen LogP contribution in [0.5, 0.6) is 0 Å². The second-order valence-electron chi connectivity index (χ2n) is 6.47. The molecule has 1 atom stereocenters. The molecule has 0 saturated carbocycles. The van der Waals surface area contributed by atoms with E-state index < -0.39 is 9.84 Å². The topological polar surface area (TPSA) is 34.1 Å². The lowest BCUT2D eigenvalue weighted by Gasteiger charge is -2.36. The minimum atomic E-state index is -2.94. The van der Waals surface area contributed by atoms with Crippen molar-refractivity contribution in [3.05, 3.63) is 22.8 Å². The highest BCUT2D eigenvalue weighted by Crippen LogP contribution is 2.44. The molecule has 2 rings (SSSR count). The largest absolute Gasteiger partial charge is 0.228 e. The Balaban J connectivity index is 2.31. The lowest BCUT2D eigenvalue weighted by atomic mass is 9.71. The molecule has 102 valence electrons. The van der Waals surface area contributed by atoms with E-state index in [2.05, 4.69) is 20.8 Å². The number of sulfone groups is 1. The first-order valence-corrected chi connectivity index (χ1v) is 8.53. The van der Waals surface area contributed by atoms with Crippen LogP contribution in [-0.4, -0.2) is 19.4 Å². The molecule has 3 heteroatoms. The van der Waals surface area contributed by atoms with Gasteiger partial charge in [0.15, 0.2) is 9.84 Å². The second-order valence-corrected chi connectivity index (χ2v) is 8.69. The van der Waals surface area contributed by atoms with Gasteiger partial charge in [0, 0.05) is 0 Å². The van der Waals surface area contributed by atoms with Crippen LogP contribution in [0.15, 0.2) is 22.8 Å². The average molecular weight is 268 g/mol. The first kappa shape index (κ1) is 13.9. The highest BCUT2D eigenvalue weighted by molar-refractivity contribution is 7.92. The Hall–Kier alpha value is -0.570. The summed E-state index contributed by atoms with van der Waals surface area (Å²) in [6.07, 6.45) is 6.13. The fourth-order valence-electron chi connectivity index (χ4n) is 3.38. The summed E-state index contributed by atoms with van der Waals surface area (Å²) < 4.78 is 24.2. The smallest absolute Gasteiger partial charge is 0.160 e. The van der Waals surface area contributed by atoms with Gasteiger partial charge in [0.1, 0.15) is 0 Å². The minimum Gasteiger partial charge on any atom is -0.228 e. The predicted molar refractivity (Wildman–Crippen MR) is 76.3 cm³/mol. The van der Waals surface area contributed by atoms with Crippen molar-refractivity contribution in [1.82, 2.24) is 0 Å². The maximum Gasteiger partial charge on any atom is 0.160 e. The molecule has 1 aliphatic heterocycles. The van der Waals surface area contributed by atoms with Crippen LogP contribution in [0.1, 0.15) is 53.4 Å². The van der Waals surface area contributed by atoms with Crippen LogP contribution >= 0.6 is 0 Å². The zero-order valence-corrected chi connectivity index (χ0v) is 12.7. The van der Waals surface area contributed by atoms with E-state index in [4.69, 9.17) is 0 Å². The molecule has 18 heavy (non-hydrogen) atoms. The van der Waals surface area contributed by atoms with E-state index in [1.54, 1.807) is 0 Å². The quantitative estimate of drug-likeness (QED) is 0.716. The van der Waals surface area contributed by atoms with Gasteiger partial charge in [0.25, 0.3) is 0 Å². The Morgan fingerprint density at radius 3 is 2.50 bits per heavy atom. The van der Waals surface area contributed by atoms with Gasteiger partial charge in [-0.3, -0.25) is 0 Å². The van der Waals surface area contributed by atoms with Crippen LogP contribution in [0.4, 0.5) is 0 Å². The van der Waals surface area contributed by atoms with Crippen molar-refractivity contribution in [1.29, 1.82) is 0 Å². The van der Waals surface area contributed by atoms with E-state index in [1.807, 2.05) is 13.0 Å². The molecule has 0 saturated heterocycles. The number of rotatable bonds is 2. The SMILES string of the molecule is CC1=CCS(=O)(=O)C1CC1=C(C)CCCC1(C)C. The lowest BCUT2D eigenvalue weighted by molar-refractivity contribution is 0.354. The van der Waals surface area contributed by atoms with Gasteiger partial charge in [0.2, 0.25) is 0 Å². The summed E-state index contributed by atoms with van der Waals surface area (Å²) in [5.41, 5.74) is 4.01. The number of hydrogen-bond acceptors (Lipinski definition) is 2. The normalized spacial score (nSPS) is 30.4. The minimum absolute atomic E-state index is 0.167. The van der Waals surface area contributed by atoms with E-state index in [9.17, 15) is 8.42 Å². The Morgan fingerprint density at radius 1 is 1.33 bits per heavy atom. The van der Waals surface area contributed by atoms with E-state index >= 15 is 0 Å². The van der Waals surface area contributed by atoms with Crippen LogP contribution in [0.25, 0.3) is 0 Å². The summed E-state index contributed by atoms with van der Waals surface area (Å²) in [6, 6.07) is 0. The number of hydrogen-bond donors (Lipinski definition) is 0. The molecular weight excluding hydrogens is 244 g/mol. The first-order chi connectivity index (χ1) is 8.24. The van der Waals surface area contributed by atoms with Gasteiger partial charge >= 0.3 is 0 Å². The van der Waals surface area contributed by atoms with Crippen LogP contribution in [0.2, 0.25) is 0 Å². The molecule has 0 spiro atoms. The molecule has 0 N–H and O–H groups in total. The maximum absolute atomic E-state index is 12.1. The molecule has 2 aliphatic rings. The molecule has 1 unspecified atom stereocenters. The molecule has 0 bridgehead atoms. The molecule has 0 aromatic heterocycles. The van der Waals surface area contributed by atoms with Crippen molar-refractivity contribution >= 4 is 9.84 Å². The number of allylic oxidation sites excluding steroid dienone is 2. The lowest BCUT2D eigenvalue weighted by Crippen LogP contribution is -2.27. The Morgan fingerprint density at radius 2 is 2.00 bits per heavy atom. The molecule has 0 fully saturated rings. The van der Waals surface area contributed by atoms with E-state index in [1.165, 1.54) is 24.0 Å². The summed E-state index contributed by atoms with van der Waals surface area (Å²) in [7, 11) is -2.94. The third-order valence-corrected chi connectivity index (χ3v) is 6.69. The monoisotopic (exact) mass is 268 g/mol. The third-order valence-electron chi connectivity index (χ3n) is 4.65. The predicted octanol–water partition coefficient (Wildman–Crippen LogP) is 3.65. The summed E-state index contributed by atoms with van der Waals surface area (Å²) in [5, 5.41) is -0.264. The summed E-state index contributed by atoms with van der Waals surface area (Å²) in [6.45, 7) is 8.65. The fourth-order valence-corrected chi connectivity index (χ4v) is 5.19. The van der Waals surface area contributed by atoms with Crippen molar-refractivity contribution in [2.75, 3.05) is 5.75 Å². The van der Waals surface area contributed by atoms with Crippen molar-refractivity contribution in [3.63, 3.8) is 0 Å². The van der Waals surface area contributed by atoms with Gasteiger partial charge in [-0.1, -0.05) is 36.6 Å². The fraction of sp³-hybridized carbons (Fsp3) is 0.733. The van der Waals surface area contributed by atoms with Crippen molar-refractivity contribution in [3.8, 4) is 0 Å². The van der Waals surface area contributed by atoms with Gasteiger partial charge in [0.05, 0.1) is 11.0 Å². The van der Waals surface area contributed by atoms with Crippen molar-refractivity contribution in [2.24, 2.45) is 5.41 Å². The highest BCUT2D eigenvalue weighted by atomic mass is 32.2. The second kappa shape index (κ2) is 4.52. The van der Waals surface area contributed by atoms with Crippen molar-refractivity contribution in [2.45, 2.75) is 58.6 Å². The third kappa shape index (κ3) is 2.42. The molecule has 1 heterocycles. The molecule has 0 amide bonds. The first-order valence-electron chi connectivity index (χ1n) is 6.81. The summed E-state index contributed by atoms with van der Waals surface area (Å²) >= 11 is 0. The molecule has 1 aliphatic carbocycles. The van der Waals surface area contributed by atoms with E-state index in [0.717, 1.165) is 12.0 Å². The maximum atomic E-state index is 12.1. The molecule has 2 nitrogen and oxygen atoms in total. The van der Waals surface area contributed by atoms with Crippen molar-refractivity contribution < 1.29 is 8.42 Å². The van der Waals surface area contributed by atoms with E-state index in [-0.39, 0.29) is 16.4 Å². The van der Waals surface area contributed by atoms with Gasteiger partial charge in [-0.15, -0.1) is 0 Å². The molecule has 0 aromatic carbocycles. The molecule has 0 radical (unpaired) electrons. The standard InChI is InChI=1S/C15H24O2S/c1-11-6-5-8-15(3,4)13(11)10-14-12(2)7-9-18(14,16)17/h7,14H,5-6,8-10H2,1-4H3. The van der Waals surface area contributed by atoms with Gasteiger partial charge < -0.3 is 0 Å². The van der Waals surface area contributed by atoms with Crippen LogP contribution in [-0.2, 0) is 9.84 Å². The van der Waals surface area contributed by atoms with Crippen LogP contribution in [0.3, 0.4) is 0 Å². The average Bonchev–Trinajstić information content (AvgIpc) is 2.48. The van der Waals surface area contributed by atoms with Crippen LogP contribution in [0, 0.1) is 5.41 Å². The summed E-state index contributed by atoms with van der Waals surface area (Å²) in [4.78, 5) is 0. The Kier molecular flexibility index (Phi) is 3.48. The Labute approximate surface area is 111 Å². The highest BCUT2D eigenvalue weighted by Gasteiger charge is 2.36.